The van der Waals surface area contributed by atoms with E-state index in [4.69, 9.17) is 5.73 Å². The first-order chi connectivity index (χ1) is 8.74. The van der Waals surface area contributed by atoms with E-state index in [9.17, 15) is 0 Å². The van der Waals surface area contributed by atoms with Crippen molar-refractivity contribution < 1.29 is 0 Å². The summed E-state index contributed by atoms with van der Waals surface area (Å²) in [5.41, 5.74) is 7.52. The number of rotatable bonds is 10. The predicted octanol–water partition coefficient (Wildman–Crippen LogP) is 5.88. The summed E-state index contributed by atoms with van der Waals surface area (Å²) in [5.74, 6) is 0. The maximum Gasteiger partial charge on any atom is 0.0656 e. The highest BCUT2D eigenvalue weighted by Gasteiger charge is 2.07. The summed E-state index contributed by atoms with van der Waals surface area (Å²) in [4.78, 5) is 0. The fourth-order valence-electron chi connectivity index (χ4n) is 2.18. The van der Waals surface area contributed by atoms with E-state index < -0.39 is 0 Å². The van der Waals surface area contributed by atoms with Crippen molar-refractivity contribution in [3.8, 4) is 0 Å². The van der Waals surface area contributed by atoms with Crippen LogP contribution in [0.15, 0.2) is 11.4 Å². The van der Waals surface area contributed by atoms with Gasteiger partial charge in [-0.3, -0.25) is 0 Å². The van der Waals surface area contributed by atoms with Gasteiger partial charge in [0.25, 0.3) is 0 Å². The highest BCUT2D eigenvalue weighted by molar-refractivity contribution is 14.1. The van der Waals surface area contributed by atoms with Crippen LogP contribution in [0, 0.1) is 2.88 Å². The van der Waals surface area contributed by atoms with E-state index in [1.807, 2.05) is 0 Å². The van der Waals surface area contributed by atoms with E-state index in [1.165, 1.54) is 59.8 Å². The molecule has 0 aliphatic rings. The quantitative estimate of drug-likeness (QED) is 0.399. The average molecular weight is 379 g/mol. The second-order valence-electron chi connectivity index (χ2n) is 5.05. The van der Waals surface area contributed by atoms with Gasteiger partial charge >= 0.3 is 0 Å². The molecule has 1 atom stereocenters. The van der Waals surface area contributed by atoms with Crippen LogP contribution in [0.5, 0.6) is 0 Å². The largest absolute Gasteiger partial charge is 0.324 e. The van der Waals surface area contributed by atoms with E-state index >= 15 is 0 Å². The predicted molar refractivity (Wildman–Crippen MR) is 91.2 cm³/mol. The van der Waals surface area contributed by atoms with Crippen LogP contribution in [0.1, 0.15) is 76.3 Å². The van der Waals surface area contributed by atoms with Crippen molar-refractivity contribution in [2.45, 2.75) is 70.8 Å². The Morgan fingerprint density at radius 2 is 1.72 bits per heavy atom. The minimum Gasteiger partial charge on any atom is -0.324 e. The molecule has 0 aliphatic carbocycles. The number of nitrogens with two attached hydrogens (primary N) is 1. The van der Waals surface area contributed by atoms with Gasteiger partial charge in [0.05, 0.1) is 2.88 Å². The van der Waals surface area contributed by atoms with Crippen molar-refractivity contribution in [1.82, 2.24) is 0 Å². The fraction of sp³-hybridized carbons (Fsp3) is 0.733. The monoisotopic (exact) mass is 379 g/mol. The molecule has 0 saturated heterocycles. The third-order valence-electron chi connectivity index (χ3n) is 3.38. The van der Waals surface area contributed by atoms with Gasteiger partial charge in [-0.1, -0.05) is 58.3 Å². The number of hydrogen-bond acceptors (Lipinski definition) is 2. The molecule has 1 heterocycles. The molecule has 0 bridgehead atoms. The van der Waals surface area contributed by atoms with Crippen LogP contribution < -0.4 is 5.73 Å². The second kappa shape index (κ2) is 10.2. The number of unbranched alkanes of at least 4 members (excludes halogenated alkanes) is 7. The topological polar surface area (TPSA) is 26.0 Å². The molecule has 3 heteroatoms. The lowest BCUT2D eigenvalue weighted by atomic mass is 10.0. The third kappa shape index (κ3) is 7.10. The summed E-state index contributed by atoms with van der Waals surface area (Å²) in [6.07, 6.45) is 12.1. The molecule has 0 aliphatic heterocycles. The summed E-state index contributed by atoms with van der Waals surface area (Å²) >= 11 is 4.16. The zero-order valence-corrected chi connectivity index (χ0v) is 14.4. The van der Waals surface area contributed by atoms with Gasteiger partial charge in [0.15, 0.2) is 0 Å². The van der Waals surface area contributed by atoms with Crippen LogP contribution in [0.4, 0.5) is 0 Å². The van der Waals surface area contributed by atoms with Crippen molar-refractivity contribution >= 4 is 33.9 Å². The fourth-order valence-corrected chi connectivity index (χ4v) is 3.62. The van der Waals surface area contributed by atoms with E-state index in [-0.39, 0.29) is 6.04 Å². The molecule has 104 valence electrons. The van der Waals surface area contributed by atoms with E-state index in [0.29, 0.717) is 0 Å². The Morgan fingerprint density at radius 3 is 2.28 bits per heavy atom. The minimum atomic E-state index is 0.254. The number of thiophene rings is 1. The Hall–Kier alpha value is 0.390. The SMILES string of the molecule is CCCCCCCCCCC(N)c1csc(I)c1. The average Bonchev–Trinajstić information content (AvgIpc) is 2.79. The van der Waals surface area contributed by atoms with Crippen LogP contribution in [0.2, 0.25) is 0 Å². The normalized spacial score (nSPS) is 12.8. The maximum atomic E-state index is 6.19. The molecule has 0 spiro atoms. The Morgan fingerprint density at radius 1 is 1.11 bits per heavy atom. The summed E-state index contributed by atoms with van der Waals surface area (Å²) in [6, 6.07) is 2.48. The molecule has 0 radical (unpaired) electrons. The Labute approximate surface area is 130 Å². The molecule has 0 fully saturated rings. The lowest BCUT2D eigenvalue weighted by Gasteiger charge is -2.09. The van der Waals surface area contributed by atoms with Crippen LogP contribution in [0.25, 0.3) is 0 Å². The van der Waals surface area contributed by atoms with E-state index in [0.717, 1.165) is 6.42 Å². The third-order valence-corrected chi connectivity index (χ3v) is 5.19. The van der Waals surface area contributed by atoms with Crippen LogP contribution >= 0.6 is 33.9 Å². The molecule has 0 amide bonds. The molecule has 18 heavy (non-hydrogen) atoms. The van der Waals surface area contributed by atoms with Crippen molar-refractivity contribution in [2.75, 3.05) is 0 Å². The second-order valence-corrected chi connectivity index (χ2v) is 7.86. The molecule has 1 nitrogen and oxygen atoms in total. The Bertz CT molecular complexity index is 311. The number of hydrogen-bond donors (Lipinski definition) is 1. The van der Waals surface area contributed by atoms with Gasteiger partial charge in [0, 0.05) is 6.04 Å². The van der Waals surface area contributed by atoms with Gasteiger partial charge in [-0.15, -0.1) is 11.3 Å². The van der Waals surface area contributed by atoms with Crippen molar-refractivity contribution in [3.05, 3.63) is 19.9 Å². The van der Waals surface area contributed by atoms with Crippen LogP contribution in [-0.2, 0) is 0 Å². The molecule has 1 aromatic rings. The van der Waals surface area contributed by atoms with Crippen molar-refractivity contribution in [1.29, 1.82) is 0 Å². The molecule has 1 aromatic heterocycles. The summed E-state index contributed by atoms with van der Waals surface area (Å²) in [5, 5.41) is 2.21. The summed E-state index contributed by atoms with van der Waals surface area (Å²) < 4.78 is 1.34. The molecular formula is C15H26INS. The molecule has 0 aromatic carbocycles. The molecule has 1 unspecified atom stereocenters. The standard InChI is InChI=1S/C15H26INS/c1-2-3-4-5-6-7-8-9-10-14(17)13-11-15(16)18-12-13/h11-12,14H,2-10,17H2,1H3. The highest BCUT2D eigenvalue weighted by Crippen LogP contribution is 2.24. The van der Waals surface area contributed by atoms with Crippen LogP contribution in [0.3, 0.4) is 0 Å². The van der Waals surface area contributed by atoms with Gasteiger partial charge in [-0.25, -0.2) is 0 Å². The smallest absolute Gasteiger partial charge is 0.0656 e. The highest BCUT2D eigenvalue weighted by atomic mass is 127. The maximum absolute atomic E-state index is 6.19. The molecule has 1 rings (SSSR count). The molecule has 2 N–H and O–H groups in total. The first-order valence-corrected chi connectivity index (χ1v) is 9.19. The Balaban J connectivity index is 1.97. The van der Waals surface area contributed by atoms with Gasteiger partial charge in [-0.05, 0) is 46.0 Å². The van der Waals surface area contributed by atoms with Gasteiger partial charge in [-0.2, -0.15) is 0 Å². The van der Waals surface area contributed by atoms with E-state index in [1.54, 1.807) is 11.3 Å². The van der Waals surface area contributed by atoms with Crippen LogP contribution in [-0.4, -0.2) is 0 Å². The molecular weight excluding hydrogens is 353 g/mol. The summed E-state index contributed by atoms with van der Waals surface area (Å²) in [7, 11) is 0. The van der Waals surface area contributed by atoms with Crippen molar-refractivity contribution in [2.24, 2.45) is 5.73 Å². The summed E-state index contributed by atoms with van der Waals surface area (Å²) in [6.45, 7) is 2.27. The van der Waals surface area contributed by atoms with Crippen molar-refractivity contribution in [3.63, 3.8) is 0 Å². The zero-order valence-electron chi connectivity index (χ0n) is 11.5. The van der Waals surface area contributed by atoms with Gasteiger partial charge in [0.2, 0.25) is 0 Å². The first kappa shape index (κ1) is 16.4. The first-order valence-electron chi connectivity index (χ1n) is 7.23. The van der Waals surface area contributed by atoms with Gasteiger partial charge in [0.1, 0.15) is 0 Å². The number of halogens is 1. The zero-order chi connectivity index (χ0) is 13.2. The lowest BCUT2D eigenvalue weighted by molar-refractivity contribution is 0.536. The lowest BCUT2D eigenvalue weighted by Crippen LogP contribution is -2.08. The molecule has 0 saturated carbocycles. The minimum absolute atomic E-state index is 0.254. The van der Waals surface area contributed by atoms with E-state index in [2.05, 4.69) is 41.0 Å². The Kier molecular flexibility index (Phi) is 9.33. The van der Waals surface area contributed by atoms with Gasteiger partial charge < -0.3 is 5.73 Å².